The lowest BCUT2D eigenvalue weighted by molar-refractivity contribution is -0.143. The van der Waals surface area contributed by atoms with Gasteiger partial charge < -0.3 is 19.1 Å². The van der Waals surface area contributed by atoms with Crippen molar-refractivity contribution >= 4 is 11.9 Å². The molecule has 0 aromatic heterocycles. The Balaban J connectivity index is 0.000000488. The van der Waals surface area contributed by atoms with Gasteiger partial charge in [-0.2, -0.15) is 0 Å². The van der Waals surface area contributed by atoms with Crippen LogP contribution in [0.4, 0.5) is 0 Å². The van der Waals surface area contributed by atoms with E-state index in [-0.39, 0.29) is 18.5 Å². The normalized spacial score (nSPS) is 9.81. The minimum Gasteiger partial charge on any atom is -0.482 e. The van der Waals surface area contributed by atoms with Crippen molar-refractivity contribution in [1.29, 1.82) is 0 Å². The maximum Gasteiger partial charge on any atom is 0.343 e. The number of rotatable bonds is 8. The fraction of sp³-hybridized carbons (Fsp3) is 0.500. The summed E-state index contributed by atoms with van der Waals surface area (Å²) in [6.45, 7) is 13.3. The summed E-state index contributed by atoms with van der Waals surface area (Å²) in [6.07, 6.45) is 0. The van der Waals surface area contributed by atoms with E-state index in [4.69, 9.17) is 9.47 Å². The highest BCUT2D eigenvalue weighted by atomic mass is 16.6. The number of hydrogen-bond acceptors (Lipinski definition) is 6. The van der Waals surface area contributed by atoms with Crippen LogP contribution in [0.5, 0.6) is 5.75 Å². The van der Waals surface area contributed by atoms with Gasteiger partial charge in [0.15, 0.2) is 6.61 Å². The van der Waals surface area contributed by atoms with E-state index >= 15 is 0 Å². The van der Waals surface area contributed by atoms with Crippen molar-refractivity contribution in [3.05, 3.63) is 41.5 Å². The lowest BCUT2D eigenvalue weighted by atomic mass is 10.1. The van der Waals surface area contributed by atoms with Crippen molar-refractivity contribution < 1.29 is 23.8 Å². The molecule has 0 heterocycles. The van der Waals surface area contributed by atoms with Crippen LogP contribution in [0.2, 0.25) is 0 Å². The molecule has 0 atom stereocenters. The number of methoxy groups -OCH3 is 1. The van der Waals surface area contributed by atoms with Crippen molar-refractivity contribution in [3.63, 3.8) is 0 Å². The Labute approximate surface area is 156 Å². The summed E-state index contributed by atoms with van der Waals surface area (Å²) >= 11 is 0. The maximum atomic E-state index is 10.9. The van der Waals surface area contributed by atoms with E-state index in [1.54, 1.807) is 6.92 Å². The Kier molecular flexibility index (Phi) is 11.8. The summed E-state index contributed by atoms with van der Waals surface area (Å²) in [5.41, 5.74) is 2.65. The number of carbonyl (C=O) groups is 2. The molecule has 6 nitrogen and oxygen atoms in total. The Morgan fingerprint density at radius 1 is 1.23 bits per heavy atom. The molecule has 1 aromatic rings. The molecule has 1 rings (SSSR count). The van der Waals surface area contributed by atoms with Gasteiger partial charge in [0, 0.05) is 12.1 Å². The Hall–Kier alpha value is -2.34. The highest BCUT2D eigenvalue weighted by molar-refractivity contribution is 5.86. The maximum absolute atomic E-state index is 10.9. The molecular formula is C20H31NO5. The summed E-state index contributed by atoms with van der Waals surface area (Å²) in [4.78, 5) is 23.8. The van der Waals surface area contributed by atoms with Gasteiger partial charge in [-0.3, -0.25) is 0 Å². The molecule has 0 aliphatic rings. The molecule has 0 saturated carbocycles. The second-order valence-electron chi connectivity index (χ2n) is 5.95. The molecule has 0 saturated heterocycles. The third kappa shape index (κ3) is 10.5. The number of hydrogen-bond donors (Lipinski definition) is 0. The first kappa shape index (κ1) is 23.7. The van der Waals surface area contributed by atoms with Crippen LogP contribution in [-0.4, -0.2) is 57.3 Å². The third-order valence-electron chi connectivity index (χ3n) is 3.50. The van der Waals surface area contributed by atoms with Crippen LogP contribution in [0.15, 0.2) is 30.4 Å². The molecule has 146 valence electrons. The highest BCUT2D eigenvalue weighted by Crippen LogP contribution is 2.18. The summed E-state index contributed by atoms with van der Waals surface area (Å²) < 4.78 is 14.6. The van der Waals surface area contributed by atoms with E-state index in [1.807, 2.05) is 39.1 Å². The van der Waals surface area contributed by atoms with Gasteiger partial charge in [-0.15, -0.1) is 0 Å². The molecule has 0 amide bonds. The molecule has 0 unspecified atom stereocenters. The minimum atomic E-state index is -0.370. The average Bonchev–Trinajstić information content (AvgIpc) is 2.60. The van der Waals surface area contributed by atoms with Gasteiger partial charge in [-0.05, 0) is 46.0 Å². The second kappa shape index (κ2) is 12.9. The van der Waals surface area contributed by atoms with E-state index in [1.165, 1.54) is 12.7 Å². The highest BCUT2D eigenvalue weighted by Gasteiger charge is 2.04. The lowest BCUT2D eigenvalue weighted by Crippen LogP contribution is -2.24. The predicted octanol–water partition coefficient (Wildman–Crippen LogP) is 2.91. The summed E-state index contributed by atoms with van der Waals surface area (Å²) in [7, 11) is 3.32. The van der Waals surface area contributed by atoms with Gasteiger partial charge in [-0.1, -0.05) is 31.2 Å². The van der Waals surface area contributed by atoms with Crippen LogP contribution in [-0.2, 0) is 19.1 Å². The average molecular weight is 365 g/mol. The fourth-order valence-corrected chi connectivity index (χ4v) is 1.73. The number of carbonyl (C=O) groups excluding carboxylic acids is 2. The second-order valence-corrected chi connectivity index (χ2v) is 5.95. The molecule has 0 fully saturated rings. The summed E-state index contributed by atoms with van der Waals surface area (Å²) in [6, 6.07) is 5.81. The first-order chi connectivity index (χ1) is 12.2. The first-order valence-corrected chi connectivity index (χ1v) is 8.49. The van der Waals surface area contributed by atoms with E-state index in [9.17, 15) is 9.59 Å². The first-order valence-electron chi connectivity index (χ1n) is 8.49. The monoisotopic (exact) mass is 365 g/mol. The van der Waals surface area contributed by atoms with Crippen LogP contribution >= 0.6 is 0 Å². The minimum absolute atomic E-state index is 0.0413. The largest absolute Gasteiger partial charge is 0.482 e. The molecule has 6 heteroatoms. The van der Waals surface area contributed by atoms with Gasteiger partial charge >= 0.3 is 11.9 Å². The smallest absolute Gasteiger partial charge is 0.343 e. The zero-order valence-corrected chi connectivity index (χ0v) is 16.8. The molecular weight excluding hydrogens is 334 g/mol. The number of aryl methyl sites for hydroxylation is 2. The van der Waals surface area contributed by atoms with Crippen LogP contribution in [0.25, 0.3) is 0 Å². The number of likely N-dealkylation sites (N-methyl/N-ethyl adjacent to an activating group) is 1. The van der Waals surface area contributed by atoms with Crippen molar-refractivity contribution in [3.8, 4) is 5.75 Å². The van der Waals surface area contributed by atoms with Crippen LogP contribution in [0.3, 0.4) is 0 Å². The SMILES string of the molecule is C=C(C)C(=O)OCCN(C)CC.COC(=O)COc1ccc(C)cc1C. The molecule has 26 heavy (non-hydrogen) atoms. The van der Waals surface area contributed by atoms with Crippen molar-refractivity contribution in [2.45, 2.75) is 27.7 Å². The zero-order chi connectivity index (χ0) is 20.1. The lowest BCUT2D eigenvalue weighted by Gasteiger charge is -2.13. The van der Waals surface area contributed by atoms with Crippen LogP contribution in [0.1, 0.15) is 25.0 Å². The molecule has 0 N–H and O–H groups in total. The van der Waals surface area contributed by atoms with Crippen LogP contribution < -0.4 is 4.74 Å². The van der Waals surface area contributed by atoms with Crippen LogP contribution in [0, 0.1) is 13.8 Å². The number of benzene rings is 1. The van der Waals surface area contributed by atoms with Crippen molar-refractivity contribution in [2.24, 2.45) is 0 Å². The third-order valence-corrected chi connectivity index (χ3v) is 3.50. The summed E-state index contributed by atoms with van der Waals surface area (Å²) in [5, 5.41) is 0. The topological polar surface area (TPSA) is 65.1 Å². The molecule has 0 spiro atoms. The molecule has 0 aliphatic heterocycles. The predicted molar refractivity (Wildman–Crippen MR) is 102 cm³/mol. The molecule has 0 radical (unpaired) electrons. The zero-order valence-electron chi connectivity index (χ0n) is 16.8. The Bertz CT molecular complexity index is 598. The van der Waals surface area contributed by atoms with E-state index < -0.39 is 0 Å². The van der Waals surface area contributed by atoms with Gasteiger partial charge in [0.2, 0.25) is 0 Å². The Morgan fingerprint density at radius 3 is 2.38 bits per heavy atom. The fourth-order valence-electron chi connectivity index (χ4n) is 1.73. The van der Waals surface area contributed by atoms with Gasteiger partial charge in [0.05, 0.1) is 7.11 Å². The van der Waals surface area contributed by atoms with E-state index in [0.29, 0.717) is 12.2 Å². The van der Waals surface area contributed by atoms with Gasteiger partial charge in [-0.25, -0.2) is 9.59 Å². The van der Waals surface area contributed by atoms with E-state index in [0.717, 1.165) is 24.4 Å². The number of esters is 2. The Morgan fingerprint density at radius 2 is 1.88 bits per heavy atom. The van der Waals surface area contributed by atoms with E-state index in [2.05, 4.69) is 23.1 Å². The van der Waals surface area contributed by atoms with Gasteiger partial charge in [0.25, 0.3) is 0 Å². The number of ether oxygens (including phenoxy) is 3. The molecule has 0 aliphatic carbocycles. The van der Waals surface area contributed by atoms with Crippen molar-refractivity contribution in [1.82, 2.24) is 4.90 Å². The van der Waals surface area contributed by atoms with Crippen molar-refractivity contribution in [2.75, 3.05) is 40.5 Å². The number of nitrogens with zero attached hydrogens (tertiary/aromatic N) is 1. The summed E-state index contributed by atoms with van der Waals surface area (Å²) in [5.74, 6) is 0.0467. The standard InChI is InChI=1S/C11H14O3.C9H17NO2/c1-8-4-5-10(9(2)6-8)14-7-11(12)13-3;1-5-10(4)6-7-12-9(11)8(2)3/h4-6H,7H2,1-3H3;2,5-7H2,1,3-4H3. The van der Waals surface area contributed by atoms with Gasteiger partial charge in [0.1, 0.15) is 12.4 Å². The quantitative estimate of drug-likeness (QED) is 0.521. The molecule has 1 aromatic carbocycles. The molecule has 0 bridgehead atoms.